The zero-order chi connectivity index (χ0) is 12.3. The molecule has 0 spiro atoms. The molecule has 1 aliphatic rings. The Bertz CT molecular complexity index is 390. The van der Waals surface area contributed by atoms with Crippen molar-refractivity contribution in [2.75, 3.05) is 30.6 Å². The second-order valence-corrected chi connectivity index (χ2v) is 5.03. The topological polar surface area (TPSA) is 55.3 Å². The Labute approximate surface area is 105 Å². The molecule has 1 unspecified atom stereocenters. The predicted octanol–water partition coefficient (Wildman–Crippen LogP) is 1.20. The first kappa shape index (κ1) is 12.2. The van der Waals surface area contributed by atoms with Crippen LogP contribution in [0.2, 0.25) is 0 Å². The summed E-state index contributed by atoms with van der Waals surface area (Å²) >= 11 is 1.95. The Morgan fingerprint density at radius 2 is 2.35 bits per heavy atom. The predicted molar refractivity (Wildman–Crippen MR) is 67.5 cm³/mol. The first-order valence-corrected chi connectivity index (χ1v) is 6.59. The SMILES string of the molecule is COC(=O)c1cnc(N(C)C2CCSC2)cn1. The van der Waals surface area contributed by atoms with E-state index in [1.54, 1.807) is 6.20 Å². The lowest BCUT2D eigenvalue weighted by molar-refractivity contribution is 0.0593. The van der Waals surface area contributed by atoms with E-state index in [0.29, 0.717) is 6.04 Å². The Hall–Kier alpha value is -1.30. The van der Waals surface area contributed by atoms with Gasteiger partial charge in [0.2, 0.25) is 0 Å². The van der Waals surface area contributed by atoms with Crippen molar-refractivity contribution in [3.8, 4) is 0 Å². The van der Waals surface area contributed by atoms with Gasteiger partial charge in [0.1, 0.15) is 5.82 Å². The number of hydrogen-bond acceptors (Lipinski definition) is 6. The number of methoxy groups -OCH3 is 1. The number of hydrogen-bond donors (Lipinski definition) is 0. The van der Waals surface area contributed by atoms with Crippen molar-refractivity contribution in [2.24, 2.45) is 0 Å². The Morgan fingerprint density at radius 3 is 2.88 bits per heavy atom. The summed E-state index contributed by atoms with van der Waals surface area (Å²) in [5.41, 5.74) is 0.241. The highest BCUT2D eigenvalue weighted by molar-refractivity contribution is 7.99. The van der Waals surface area contributed by atoms with Gasteiger partial charge in [-0.2, -0.15) is 11.8 Å². The van der Waals surface area contributed by atoms with E-state index in [-0.39, 0.29) is 5.69 Å². The lowest BCUT2D eigenvalue weighted by Gasteiger charge is -2.24. The molecular formula is C11H15N3O2S. The number of carbonyl (C=O) groups excluding carboxylic acids is 1. The third-order valence-corrected chi connectivity index (χ3v) is 3.99. The van der Waals surface area contributed by atoms with Crippen molar-refractivity contribution in [1.82, 2.24) is 9.97 Å². The number of aromatic nitrogens is 2. The van der Waals surface area contributed by atoms with Gasteiger partial charge in [0.25, 0.3) is 0 Å². The molecule has 1 atom stereocenters. The third-order valence-electron chi connectivity index (χ3n) is 2.85. The number of rotatable bonds is 3. The molecule has 0 saturated carbocycles. The zero-order valence-electron chi connectivity index (χ0n) is 9.92. The van der Waals surface area contributed by atoms with Crippen molar-refractivity contribution in [2.45, 2.75) is 12.5 Å². The van der Waals surface area contributed by atoms with Gasteiger partial charge in [-0.15, -0.1) is 0 Å². The highest BCUT2D eigenvalue weighted by atomic mass is 32.2. The minimum absolute atomic E-state index is 0.241. The summed E-state index contributed by atoms with van der Waals surface area (Å²) in [6.07, 6.45) is 4.25. The van der Waals surface area contributed by atoms with Gasteiger partial charge in [0, 0.05) is 18.8 Å². The molecule has 0 N–H and O–H groups in total. The van der Waals surface area contributed by atoms with Crippen LogP contribution in [0.5, 0.6) is 0 Å². The number of carbonyl (C=O) groups is 1. The van der Waals surface area contributed by atoms with E-state index in [0.717, 1.165) is 11.6 Å². The van der Waals surface area contributed by atoms with E-state index in [4.69, 9.17) is 0 Å². The highest BCUT2D eigenvalue weighted by Crippen LogP contribution is 2.24. The largest absolute Gasteiger partial charge is 0.464 e. The molecule has 0 radical (unpaired) electrons. The molecule has 0 aliphatic carbocycles. The van der Waals surface area contributed by atoms with Gasteiger partial charge in [-0.25, -0.2) is 14.8 Å². The molecule has 1 aliphatic heterocycles. The molecule has 1 aromatic heterocycles. The molecule has 5 nitrogen and oxygen atoms in total. The molecule has 6 heteroatoms. The summed E-state index contributed by atoms with van der Waals surface area (Å²) in [6.45, 7) is 0. The Morgan fingerprint density at radius 1 is 1.53 bits per heavy atom. The van der Waals surface area contributed by atoms with Gasteiger partial charge in [-0.1, -0.05) is 0 Å². The second kappa shape index (κ2) is 5.35. The van der Waals surface area contributed by atoms with E-state index >= 15 is 0 Å². The van der Waals surface area contributed by atoms with Crippen LogP contribution in [0.4, 0.5) is 5.82 Å². The lowest BCUT2D eigenvalue weighted by Crippen LogP contribution is -2.32. The molecule has 0 aromatic carbocycles. The van der Waals surface area contributed by atoms with Gasteiger partial charge in [-0.05, 0) is 12.2 Å². The normalized spacial score (nSPS) is 19.1. The first-order valence-electron chi connectivity index (χ1n) is 5.43. The fourth-order valence-corrected chi connectivity index (χ4v) is 3.00. The monoisotopic (exact) mass is 253 g/mol. The molecule has 0 bridgehead atoms. The van der Waals surface area contributed by atoms with Crippen LogP contribution in [-0.2, 0) is 4.74 Å². The van der Waals surface area contributed by atoms with Crippen LogP contribution in [0.3, 0.4) is 0 Å². The average Bonchev–Trinajstić information content (AvgIpc) is 2.91. The second-order valence-electron chi connectivity index (χ2n) is 3.88. The maximum Gasteiger partial charge on any atom is 0.358 e. The molecule has 1 fully saturated rings. The molecule has 0 amide bonds. The van der Waals surface area contributed by atoms with Crippen molar-refractivity contribution in [3.63, 3.8) is 0 Å². The van der Waals surface area contributed by atoms with Gasteiger partial charge in [0.15, 0.2) is 5.69 Å². The number of esters is 1. The quantitative estimate of drug-likeness (QED) is 0.755. The molecule has 1 aromatic rings. The van der Waals surface area contributed by atoms with Crippen LogP contribution < -0.4 is 4.90 Å². The van der Waals surface area contributed by atoms with Crippen molar-refractivity contribution in [3.05, 3.63) is 18.1 Å². The van der Waals surface area contributed by atoms with E-state index in [1.807, 2.05) is 18.8 Å². The zero-order valence-corrected chi connectivity index (χ0v) is 10.7. The minimum Gasteiger partial charge on any atom is -0.464 e. The maximum absolute atomic E-state index is 11.2. The van der Waals surface area contributed by atoms with Crippen LogP contribution in [0.25, 0.3) is 0 Å². The van der Waals surface area contributed by atoms with E-state index in [2.05, 4.69) is 19.6 Å². The third kappa shape index (κ3) is 2.69. The number of ether oxygens (including phenoxy) is 1. The van der Waals surface area contributed by atoms with Crippen LogP contribution >= 0.6 is 11.8 Å². The summed E-state index contributed by atoms with van der Waals surface area (Å²) in [6, 6.07) is 0.512. The van der Waals surface area contributed by atoms with Crippen LogP contribution in [0, 0.1) is 0 Å². The van der Waals surface area contributed by atoms with Gasteiger partial charge < -0.3 is 9.64 Å². The number of anilines is 1. The Kier molecular flexibility index (Phi) is 3.83. The summed E-state index contributed by atoms with van der Waals surface area (Å²) in [7, 11) is 3.35. The molecular weight excluding hydrogens is 238 g/mol. The fourth-order valence-electron chi connectivity index (χ4n) is 1.73. The smallest absolute Gasteiger partial charge is 0.358 e. The number of nitrogens with zero attached hydrogens (tertiary/aromatic N) is 3. The lowest BCUT2D eigenvalue weighted by atomic mass is 10.2. The van der Waals surface area contributed by atoms with Crippen molar-refractivity contribution in [1.29, 1.82) is 0 Å². The van der Waals surface area contributed by atoms with Gasteiger partial charge in [0.05, 0.1) is 19.5 Å². The van der Waals surface area contributed by atoms with Gasteiger partial charge >= 0.3 is 5.97 Å². The van der Waals surface area contributed by atoms with Crippen molar-refractivity contribution >= 4 is 23.5 Å². The molecule has 2 rings (SSSR count). The first-order chi connectivity index (χ1) is 8.22. The molecule has 92 valence electrons. The minimum atomic E-state index is -0.455. The van der Waals surface area contributed by atoms with Crippen LogP contribution in [-0.4, -0.2) is 47.6 Å². The molecule has 2 heterocycles. The van der Waals surface area contributed by atoms with Crippen LogP contribution in [0.15, 0.2) is 12.4 Å². The molecule has 17 heavy (non-hydrogen) atoms. The Balaban J connectivity index is 2.09. The van der Waals surface area contributed by atoms with Gasteiger partial charge in [-0.3, -0.25) is 0 Å². The average molecular weight is 253 g/mol. The fraction of sp³-hybridized carbons (Fsp3) is 0.545. The number of thioether (sulfide) groups is 1. The van der Waals surface area contributed by atoms with E-state index in [9.17, 15) is 4.79 Å². The molecule has 1 saturated heterocycles. The van der Waals surface area contributed by atoms with Crippen LogP contribution in [0.1, 0.15) is 16.9 Å². The summed E-state index contributed by atoms with van der Waals surface area (Å²) in [4.78, 5) is 21.6. The summed E-state index contributed by atoms with van der Waals surface area (Å²) in [5, 5.41) is 0. The summed E-state index contributed by atoms with van der Waals surface area (Å²) in [5.74, 6) is 2.66. The van der Waals surface area contributed by atoms with Crippen molar-refractivity contribution < 1.29 is 9.53 Å². The highest BCUT2D eigenvalue weighted by Gasteiger charge is 2.21. The van der Waals surface area contributed by atoms with E-state index in [1.165, 1.54) is 25.5 Å². The standard InChI is InChI=1S/C11H15N3O2S/c1-14(8-3-4-17-7-8)10-6-12-9(5-13-10)11(15)16-2/h5-6,8H,3-4,7H2,1-2H3. The summed E-state index contributed by atoms with van der Waals surface area (Å²) < 4.78 is 4.58. The van der Waals surface area contributed by atoms with E-state index < -0.39 is 5.97 Å². The maximum atomic E-state index is 11.2.